The lowest BCUT2D eigenvalue weighted by molar-refractivity contribution is 0.0660. The first-order valence-electron chi connectivity index (χ1n) is 7.33. The number of nitrogens with zero attached hydrogens (tertiary/aromatic N) is 1. The molecule has 1 heterocycles. The Balaban J connectivity index is 1.88. The number of aryl methyl sites for hydroxylation is 1. The van der Waals surface area contributed by atoms with Gasteiger partial charge >= 0.3 is 0 Å². The van der Waals surface area contributed by atoms with Crippen LogP contribution in [0.1, 0.15) is 49.5 Å². The van der Waals surface area contributed by atoms with E-state index < -0.39 is 0 Å². The SMILES string of the molecule is CCCn1cccc1C(=O)NCC1CCCCC1O. The Hall–Kier alpha value is -1.29. The molecule has 1 saturated carbocycles. The fourth-order valence-corrected chi connectivity index (χ4v) is 2.80. The molecule has 0 bridgehead atoms. The van der Waals surface area contributed by atoms with Gasteiger partial charge in [0.25, 0.3) is 5.91 Å². The molecular formula is C15H24N2O2. The van der Waals surface area contributed by atoms with Crippen LogP contribution in [0, 0.1) is 5.92 Å². The molecule has 0 saturated heterocycles. The summed E-state index contributed by atoms with van der Waals surface area (Å²) in [4.78, 5) is 12.1. The van der Waals surface area contributed by atoms with Crippen LogP contribution in [0.4, 0.5) is 0 Å². The molecule has 0 aliphatic heterocycles. The van der Waals surface area contributed by atoms with E-state index in [1.54, 1.807) is 0 Å². The number of amides is 1. The maximum absolute atomic E-state index is 12.1. The molecule has 19 heavy (non-hydrogen) atoms. The topological polar surface area (TPSA) is 54.3 Å². The molecule has 0 spiro atoms. The van der Waals surface area contributed by atoms with Crippen LogP contribution in [-0.4, -0.2) is 28.2 Å². The standard InChI is InChI=1S/C15H24N2O2/c1-2-9-17-10-5-7-13(17)15(19)16-11-12-6-3-4-8-14(12)18/h5,7,10,12,14,18H,2-4,6,8-9,11H2,1H3,(H,16,19). The average Bonchev–Trinajstić information content (AvgIpc) is 2.86. The summed E-state index contributed by atoms with van der Waals surface area (Å²) < 4.78 is 1.98. The summed E-state index contributed by atoms with van der Waals surface area (Å²) in [5.74, 6) is 0.184. The van der Waals surface area contributed by atoms with Gasteiger partial charge in [0.2, 0.25) is 0 Å². The van der Waals surface area contributed by atoms with Crippen molar-refractivity contribution in [2.45, 2.75) is 51.7 Å². The summed E-state index contributed by atoms with van der Waals surface area (Å²) in [6, 6.07) is 3.75. The molecule has 2 atom stereocenters. The summed E-state index contributed by atoms with van der Waals surface area (Å²) in [6.07, 6.45) is 6.83. The van der Waals surface area contributed by atoms with Crippen LogP contribution < -0.4 is 5.32 Å². The third-order valence-corrected chi connectivity index (χ3v) is 3.92. The van der Waals surface area contributed by atoms with E-state index in [1.165, 1.54) is 0 Å². The summed E-state index contributed by atoms with van der Waals surface area (Å²) in [5, 5.41) is 12.9. The lowest BCUT2D eigenvalue weighted by Crippen LogP contribution is -2.37. The molecule has 2 N–H and O–H groups in total. The Morgan fingerprint density at radius 2 is 2.26 bits per heavy atom. The fraction of sp³-hybridized carbons (Fsp3) is 0.667. The Kier molecular flexibility index (Phi) is 5.02. The predicted molar refractivity (Wildman–Crippen MR) is 75.0 cm³/mol. The zero-order chi connectivity index (χ0) is 13.7. The highest BCUT2D eigenvalue weighted by Crippen LogP contribution is 2.23. The minimum atomic E-state index is -0.253. The molecule has 1 amide bonds. The Morgan fingerprint density at radius 1 is 1.47 bits per heavy atom. The molecule has 2 rings (SSSR count). The summed E-state index contributed by atoms with van der Waals surface area (Å²) in [5.41, 5.74) is 0.715. The number of carbonyl (C=O) groups excluding carboxylic acids is 1. The molecule has 1 aliphatic rings. The maximum atomic E-state index is 12.1. The molecule has 106 valence electrons. The van der Waals surface area contributed by atoms with Gasteiger partial charge in [-0.05, 0) is 31.4 Å². The molecule has 4 heteroatoms. The van der Waals surface area contributed by atoms with E-state index in [0.717, 1.165) is 38.6 Å². The Labute approximate surface area is 114 Å². The Morgan fingerprint density at radius 3 is 3.00 bits per heavy atom. The zero-order valence-corrected chi connectivity index (χ0v) is 11.6. The molecule has 2 unspecified atom stereocenters. The Bertz CT molecular complexity index is 414. The normalized spacial score (nSPS) is 23.3. The van der Waals surface area contributed by atoms with Crippen LogP contribution in [0.25, 0.3) is 0 Å². The van der Waals surface area contributed by atoms with Gasteiger partial charge in [-0.15, -0.1) is 0 Å². The van der Waals surface area contributed by atoms with Crippen LogP contribution in [0.15, 0.2) is 18.3 Å². The maximum Gasteiger partial charge on any atom is 0.267 e. The first kappa shape index (κ1) is 14.1. The van der Waals surface area contributed by atoms with E-state index in [-0.39, 0.29) is 17.9 Å². The highest BCUT2D eigenvalue weighted by Gasteiger charge is 2.23. The van der Waals surface area contributed by atoms with Crippen molar-refractivity contribution in [3.8, 4) is 0 Å². The van der Waals surface area contributed by atoms with E-state index in [4.69, 9.17) is 0 Å². The van der Waals surface area contributed by atoms with Crippen molar-refractivity contribution in [2.75, 3.05) is 6.54 Å². The van der Waals surface area contributed by atoms with Gasteiger partial charge in [0.1, 0.15) is 5.69 Å². The second-order valence-electron chi connectivity index (χ2n) is 5.41. The second kappa shape index (κ2) is 6.75. The number of rotatable bonds is 5. The highest BCUT2D eigenvalue weighted by molar-refractivity contribution is 5.92. The highest BCUT2D eigenvalue weighted by atomic mass is 16.3. The van der Waals surface area contributed by atoms with Gasteiger partial charge in [0.05, 0.1) is 6.10 Å². The smallest absolute Gasteiger partial charge is 0.267 e. The predicted octanol–water partition coefficient (Wildman–Crippen LogP) is 2.18. The van der Waals surface area contributed by atoms with Gasteiger partial charge in [-0.25, -0.2) is 0 Å². The first-order valence-corrected chi connectivity index (χ1v) is 7.33. The minimum Gasteiger partial charge on any atom is -0.393 e. The zero-order valence-electron chi connectivity index (χ0n) is 11.6. The van der Waals surface area contributed by atoms with Crippen molar-refractivity contribution < 1.29 is 9.90 Å². The van der Waals surface area contributed by atoms with Gasteiger partial charge in [0, 0.05) is 25.2 Å². The van der Waals surface area contributed by atoms with Gasteiger partial charge in [-0.1, -0.05) is 19.8 Å². The fourth-order valence-electron chi connectivity index (χ4n) is 2.80. The second-order valence-corrected chi connectivity index (χ2v) is 5.41. The lowest BCUT2D eigenvalue weighted by Gasteiger charge is -2.27. The van der Waals surface area contributed by atoms with Gasteiger partial charge < -0.3 is 15.0 Å². The quantitative estimate of drug-likeness (QED) is 0.856. The molecule has 0 aromatic carbocycles. The minimum absolute atomic E-state index is 0.0313. The van der Waals surface area contributed by atoms with E-state index in [9.17, 15) is 9.90 Å². The van der Waals surface area contributed by atoms with E-state index >= 15 is 0 Å². The van der Waals surface area contributed by atoms with Crippen molar-refractivity contribution in [1.29, 1.82) is 0 Å². The number of aliphatic hydroxyl groups is 1. The average molecular weight is 264 g/mol. The number of carbonyl (C=O) groups is 1. The van der Waals surface area contributed by atoms with Crippen LogP contribution >= 0.6 is 0 Å². The molecule has 1 aromatic rings. The number of hydrogen-bond acceptors (Lipinski definition) is 2. The summed E-state index contributed by atoms with van der Waals surface area (Å²) >= 11 is 0. The van der Waals surface area contributed by atoms with Gasteiger partial charge in [-0.3, -0.25) is 4.79 Å². The van der Waals surface area contributed by atoms with Gasteiger partial charge in [0.15, 0.2) is 0 Å². The lowest BCUT2D eigenvalue weighted by atomic mass is 9.86. The number of aromatic nitrogens is 1. The van der Waals surface area contributed by atoms with Crippen molar-refractivity contribution in [1.82, 2.24) is 9.88 Å². The third kappa shape index (κ3) is 3.60. The van der Waals surface area contributed by atoms with Crippen LogP contribution in [0.3, 0.4) is 0 Å². The van der Waals surface area contributed by atoms with E-state index in [0.29, 0.717) is 12.2 Å². The van der Waals surface area contributed by atoms with Crippen molar-refractivity contribution in [2.24, 2.45) is 5.92 Å². The molecule has 1 aliphatic carbocycles. The van der Waals surface area contributed by atoms with Crippen molar-refractivity contribution >= 4 is 5.91 Å². The number of hydrogen-bond donors (Lipinski definition) is 2. The molecular weight excluding hydrogens is 240 g/mol. The monoisotopic (exact) mass is 264 g/mol. The number of aliphatic hydroxyl groups excluding tert-OH is 1. The van der Waals surface area contributed by atoms with Crippen LogP contribution in [0.2, 0.25) is 0 Å². The molecule has 1 aromatic heterocycles. The number of nitrogens with one attached hydrogen (secondary N) is 1. The van der Waals surface area contributed by atoms with Crippen molar-refractivity contribution in [3.05, 3.63) is 24.0 Å². The van der Waals surface area contributed by atoms with Gasteiger partial charge in [-0.2, -0.15) is 0 Å². The summed E-state index contributed by atoms with van der Waals surface area (Å²) in [7, 11) is 0. The molecule has 4 nitrogen and oxygen atoms in total. The largest absolute Gasteiger partial charge is 0.393 e. The van der Waals surface area contributed by atoms with E-state index in [1.807, 2.05) is 22.9 Å². The molecule has 0 radical (unpaired) electrons. The van der Waals surface area contributed by atoms with E-state index in [2.05, 4.69) is 12.2 Å². The van der Waals surface area contributed by atoms with Crippen LogP contribution in [-0.2, 0) is 6.54 Å². The first-order chi connectivity index (χ1) is 9.22. The van der Waals surface area contributed by atoms with Crippen LogP contribution in [0.5, 0.6) is 0 Å². The van der Waals surface area contributed by atoms with Crippen molar-refractivity contribution in [3.63, 3.8) is 0 Å². The summed E-state index contributed by atoms with van der Waals surface area (Å²) in [6.45, 7) is 3.54. The molecule has 1 fully saturated rings. The third-order valence-electron chi connectivity index (χ3n) is 3.92.